The van der Waals surface area contributed by atoms with Crippen molar-refractivity contribution in [1.29, 1.82) is 0 Å². The lowest BCUT2D eigenvalue weighted by molar-refractivity contribution is -0.154. The molecular formula is C33H27ClF3NO4. The van der Waals surface area contributed by atoms with Crippen LogP contribution < -0.4 is 10.2 Å². The maximum atomic E-state index is 14.3. The zero-order valence-corrected chi connectivity index (χ0v) is 23.6. The van der Waals surface area contributed by atoms with E-state index in [1.165, 1.54) is 24.3 Å². The Bertz CT molecular complexity index is 1720. The molecule has 0 amide bonds. The molecule has 1 N–H and O–H groups in total. The van der Waals surface area contributed by atoms with Gasteiger partial charge in [-0.25, -0.2) is 0 Å². The van der Waals surface area contributed by atoms with Crippen LogP contribution in [0.3, 0.4) is 0 Å². The lowest BCUT2D eigenvalue weighted by Gasteiger charge is -2.24. The molecule has 9 heteroatoms. The fraction of sp³-hybridized carbons (Fsp3) is 0.182. The van der Waals surface area contributed by atoms with E-state index >= 15 is 0 Å². The van der Waals surface area contributed by atoms with Crippen LogP contribution in [0.25, 0.3) is 11.0 Å². The summed E-state index contributed by atoms with van der Waals surface area (Å²) in [5.41, 5.74) is 1.79. The summed E-state index contributed by atoms with van der Waals surface area (Å²) in [6.45, 7) is 4.22. The molecule has 0 aliphatic rings. The molecule has 5 aromatic rings. The SMILES string of the molecule is Cc1cc(Oc2c(C(F)(F)F)oc3c(CN(Cc4ccccc4)Cc4ccccc4)c(O)ccc3c2=O)cc(C)c1Cl. The Morgan fingerprint density at radius 3 is 1.93 bits per heavy atom. The maximum absolute atomic E-state index is 14.3. The highest BCUT2D eigenvalue weighted by molar-refractivity contribution is 6.32. The third-order valence-corrected chi connectivity index (χ3v) is 7.46. The van der Waals surface area contributed by atoms with E-state index in [-0.39, 0.29) is 34.6 Å². The van der Waals surface area contributed by atoms with E-state index in [9.17, 15) is 23.1 Å². The second kappa shape index (κ2) is 11.9. The summed E-state index contributed by atoms with van der Waals surface area (Å²) in [5.74, 6) is -2.85. The third-order valence-electron chi connectivity index (χ3n) is 6.86. The number of alkyl halides is 3. The molecule has 0 aliphatic carbocycles. The first-order valence-electron chi connectivity index (χ1n) is 13.1. The first-order chi connectivity index (χ1) is 20.0. The second-order valence-electron chi connectivity index (χ2n) is 10.1. The Morgan fingerprint density at radius 1 is 0.857 bits per heavy atom. The number of halogens is 4. The molecule has 0 saturated heterocycles. The molecule has 1 heterocycles. The number of nitrogens with zero attached hydrogens (tertiary/aromatic N) is 1. The lowest BCUT2D eigenvalue weighted by atomic mass is 10.1. The smallest absolute Gasteiger partial charge is 0.453 e. The predicted molar refractivity (Wildman–Crippen MR) is 156 cm³/mol. The number of ether oxygens (including phenoxy) is 1. The molecule has 0 unspecified atom stereocenters. The van der Waals surface area contributed by atoms with E-state index < -0.39 is 23.1 Å². The van der Waals surface area contributed by atoms with Crippen LogP contribution in [0.2, 0.25) is 5.02 Å². The van der Waals surface area contributed by atoms with Gasteiger partial charge in [0.15, 0.2) is 0 Å². The normalized spacial score (nSPS) is 11.8. The van der Waals surface area contributed by atoms with Crippen molar-refractivity contribution < 1.29 is 27.4 Å². The number of rotatable bonds is 8. The Hall–Kier alpha value is -4.27. The summed E-state index contributed by atoms with van der Waals surface area (Å²) < 4.78 is 54.0. The monoisotopic (exact) mass is 593 g/mol. The fourth-order valence-corrected chi connectivity index (χ4v) is 4.99. The average molecular weight is 594 g/mol. The van der Waals surface area contributed by atoms with Crippen LogP contribution in [0.15, 0.2) is 94.1 Å². The van der Waals surface area contributed by atoms with Gasteiger partial charge in [0.2, 0.25) is 11.2 Å². The number of hydrogen-bond acceptors (Lipinski definition) is 5. The van der Waals surface area contributed by atoms with Crippen LogP contribution >= 0.6 is 11.6 Å². The highest BCUT2D eigenvalue weighted by Crippen LogP contribution is 2.41. The molecule has 0 atom stereocenters. The van der Waals surface area contributed by atoms with Gasteiger partial charge in [-0.2, -0.15) is 13.2 Å². The van der Waals surface area contributed by atoms with Crippen LogP contribution in [-0.4, -0.2) is 10.0 Å². The van der Waals surface area contributed by atoms with Gasteiger partial charge < -0.3 is 14.3 Å². The van der Waals surface area contributed by atoms with Crippen LogP contribution in [0.5, 0.6) is 17.2 Å². The van der Waals surface area contributed by atoms with Crippen molar-refractivity contribution in [1.82, 2.24) is 4.90 Å². The minimum atomic E-state index is -5.06. The summed E-state index contributed by atoms with van der Waals surface area (Å²) in [5, 5.41) is 11.2. The van der Waals surface area contributed by atoms with E-state index in [0.29, 0.717) is 29.2 Å². The molecular weight excluding hydrogens is 567 g/mol. The van der Waals surface area contributed by atoms with Crippen molar-refractivity contribution in [2.24, 2.45) is 0 Å². The molecule has 0 bridgehead atoms. The fourth-order valence-electron chi connectivity index (χ4n) is 4.88. The second-order valence-corrected chi connectivity index (χ2v) is 10.5. The molecule has 0 spiro atoms. The quantitative estimate of drug-likeness (QED) is 0.195. The van der Waals surface area contributed by atoms with Gasteiger partial charge >= 0.3 is 6.18 Å². The number of hydrogen-bond donors (Lipinski definition) is 1. The van der Waals surface area contributed by atoms with Gasteiger partial charge in [0.1, 0.15) is 17.1 Å². The number of phenolic OH excluding ortho intramolecular Hbond substituents is 1. The predicted octanol–water partition coefficient (Wildman–Crippen LogP) is 8.78. The first kappa shape index (κ1) is 29.2. The Kier molecular flexibility index (Phi) is 8.29. The van der Waals surface area contributed by atoms with Gasteiger partial charge in [-0.1, -0.05) is 72.3 Å². The highest BCUT2D eigenvalue weighted by atomic mass is 35.5. The van der Waals surface area contributed by atoms with Crippen molar-refractivity contribution >= 4 is 22.6 Å². The summed E-state index contributed by atoms with van der Waals surface area (Å²) in [7, 11) is 0. The van der Waals surface area contributed by atoms with Crippen molar-refractivity contribution in [2.75, 3.05) is 0 Å². The van der Waals surface area contributed by atoms with Crippen LogP contribution in [-0.2, 0) is 25.8 Å². The van der Waals surface area contributed by atoms with Gasteiger partial charge in [-0.15, -0.1) is 0 Å². The molecule has 5 rings (SSSR count). The van der Waals surface area contributed by atoms with Gasteiger partial charge in [-0.05, 0) is 60.4 Å². The van der Waals surface area contributed by atoms with E-state index in [1.807, 2.05) is 65.6 Å². The lowest BCUT2D eigenvalue weighted by Crippen LogP contribution is -2.23. The summed E-state index contributed by atoms with van der Waals surface area (Å²) in [6.07, 6.45) is -5.06. The number of fused-ring (bicyclic) bond motifs is 1. The Morgan fingerprint density at radius 2 is 1.40 bits per heavy atom. The Balaban J connectivity index is 1.62. The standard InChI is InChI=1S/C33H27ClF3NO4/c1-20-15-24(16-21(2)28(20)34)41-31-29(40)25-13-14-27(39)26(30(25)42-32(31)33(35,36)37)19-38(17-22-9-5-3-6-10-22)18-23-11-7-4-8-12-23/h3-16,39H,17-19H2,1-2H3. The zero-order valence-electron chi connectivity index (χ0n) is 22.8. The highest BCUT2D eigenvalue weighted by Gasteiger charge is 2.41. The van der Waals surface area contributed by atoms with Crippen LogP contribution in [0.1, 0.15) is 33.6 Å². The van der Waals surface area contributed by atoms with Crippen molar-refractivity contribution in [3.8, 4) is 17.2 Å². The van der Waals surface area contributed by atoms with Crippen molar-refractivity contribution in [3.63, 3.8) is 0 Å². The van der Waals surface area contributed by atoms with Crippen molar-refractivity contribution in [3.05, 3.63) is 134 Å². The number of aromatic hydroxyl groups is 1. The Labute approximate surface area is 245 Å². The topological polar surface area (TPSA) is 62.9 Å². The minimum absolute atomic E-state index is 0.00295. The van der Waals surface area contributed by atoms with Crippen molar-refractivity contribution in [2.45, 2.75) is 39.7 Å². The molecule has 216 valence electrons. The molecule has 0 saturated carbocycles. The van der Waals surface area contributed by atoms with E-state index in [2.05, 4.69) is 0 Å². The minimum Gasteiger partial charge on any atom is -0.507 e. The van der Waals surface area contributed by atoms with Gasteiger partial charge in [0.25, 0.3) is 5.76 Å². The molecule has 4 aromatic carbocycles. The third kappa shape index (κ3) is 6.30. The molecule has 5 nitrogen and oxygen atoms in total. The maximum Gasteiger partial charge on any atom is 0.453 e. The van der Waals surface area contributed by atoms with E-state index in [1.54, 1.807) is 13.8 Å². The summed E-state index contributed by atoms with van der Waals surface area (Å²) in [6, 6.07) is 24.5. The van der Waals surface area contributed by atoms with Gasteiger partial charge in [0, 0.05) is 24.7 Å². The first-order valence-corrected chi connectivity index (χ1v) is 13.5. The van der Waals surface area contributed by atoms with Crippen LogP contribution in [0.4, 0.5) is 13.2 Å². The molecule has 42 heavy (non-hydrogen) atoms. The number of phenols is 1. The summed E-state index contributed by atoms with van der Waals surface area (Å²) in [4.78, 5) is 15.5. The molecule has 0 radical (unpaired) electrons. The number of aryl methyl sites for hydroxylation is 2. The van der Waals surface area contributed by atoms with Gasteiger partial charge in [0.05, 0.1) is 10.9 Å². The average Bonchev–Trinajstić information content (AvgIpc) is 2.95. The molecule has 0 aliphatic heterocycles. The van der Waals surface area contributed by atoms with E-state index in [0.717, 1.165) is 11.1 Å². The largest absolute Gasteiger partial charge is 0.507 e. The summed E-state index contributed by atoms with van der Waals surface area (Å²) >= 11 is 6.20. The zero-order chi connectivity index (χ0) is 30.0. The van der Waals surface area contributed by atoms with Crippen LogP contribution in [0, 0.1) is 13.8 Å². The van der Waals surface area contributed by atoms with Gasteiger partial charge in [-0.3, -0.25) is 9.69 Å². The number of benzene rings is 4. The van der Waals surface area contributed by atoms with E-state index in [4.69, 9.17) is 20.8 Å². The molecule has 1 aromatic heterocycles. The molecule has 0 fully saturated rings.